The molecule has 7 heteroatoms. The molecular formula is C21H16ClNO3S2. The SMILES string of the molecule is COc1cccc2c1OCC(/C=C1\SC(=S)N(Cc3ccccc3Cl)C1=O)=C2. The van der Waals surface area contributed by atoms with Gasteiger partial charge in [0.1, 0.15) is 10.9 Å². The first kappa shape index (κ1) is 19.1. The molecule has 0 saturated carbocycles. The number of halogens is 1. The zero-order valence-electron chi connectivity index (χ0n) is 15.0. The topological polar surface area (TPSA) is 38.8 Å². The van der Waals surface area contributed by atoms with Gasteiger partial charge < -0.3 is 9.47 Å². The summed E-state index contributed by atoms with van der Waals surface area (Å²) in [5.41, 5.74) is 2.69. The molecule has 0 radical (unpaired) electrons. The summed E-state index contributed by atoms with van der Waals surface area (Å²) in [6.07, 6.45) is 3.84. The van der Waals surface area contributed by atoms with E-state index in [1.165, 1.54) is 11.8 Å². The Hall–Kier alpha value is -2.28. The highest BCUT2D eigenvalue weighted by Gasteiger charge is 2.32. The van der Waals surface area contributed by atoms with E-state index in [4.69, 9.17) is 33.3 Å². The molecule has 0 aromatic heterocycles. The van der Waals surface area contributed by atoms with E-state index in [1.54, 1.807) is 18.1 Å². The van der Waals surface area contributed by atoms with E-state index in [2.05, 4.69) is 0 Å². The van der Waals surface area contributed by atoms with Gasteiger partial charge in [-0.15, -0.1) is 0 Å². The van der Waals surface area contributed by atoms with Gasteiger partial charge in [0, 0.05) is 10.6 Å². The van der Waals surface area contributed by atoms with Gasteiger partial charge in [-0.2, -0.15) is 0 Å². The molecule has 0 bridgehead atoms. The Bertz CT molecular complexity index is 1030. The van der Waals surface area contributed by atoms with Crippen LogP contribution >= 0.6 is 35.6 Å². The van der Waals surface area contributed by atoms with Crippen LogP contribution < -0.4 is 9.47 Å². The molecule has 1 fully saturated rings. The van der Waals surface area contributed by atoms with Gasteiger partial charge in [-0.3, -0.25) is 9.69 Å². The fourth-order valence-corrected chi connectivity index (χ4v) is 4.51. The number of hydrogen-bond acceptors (Lipinski definition) is 5. The second kappa shape index (κ2) is 7.99. The van der Waals surface area contributed by atoms with Gasteiger partial charge in [0.25, 0.3) is 5.91 Å². The number of fused-ring (bicyclic) bond motifs is 1. The quantitative estimate of drug-likeness (QED) is 0.501. The lowest BCUT2D eigenvalue weighted by Crippen LogP contribution is -2.27. The lowest BCUT2D eigenvalue weighted by atomic mass is 10.1. The van der Waals surface area contributed by atoms with E-state index in [0.717, 1.165) is 16.7 Å². The smallest absolute Gasteiger partial charge is 0.266 e. The summed E-state index contributed by atoms with van der Waals surface area (Å²) in [6, 6.07) is 13.2. The van der Waals surface area contributed by atoms with Crippen molar-refractivity contribution >= 4 is 51.9 Å². The van der Waals surface area contributed by atoms with Crippen LogP contribution in [0.3, 0.4) is 0 Å². The third kappa shape index (κ3) is 3.68. The number of thiocarbonyl (C=S) groups is 1. The van der Waals surface area contributed by atoms with E-state index in [9.17, 15) is 4.79 Å². The number of carbonyl (C=O) groups is 1. The van der Waals surface area contributed by atoms with Crippen LogP contribution in [0.5, 0.6) is 11.5 Å². The van der Waals surface area contributed by atoms with Gasteiger partial charge in [-0.1, -0.05) is 65.9 Å². The highest BCUT2D eigenvalue weighted by molar-refractivity contribution is 8.26. The van der Waals surface area contributed by atoms with E-state index in [-0.39, 0.29) is 5.91 Å². The van der Waals surface area contributed by atoms with Crippen molar-refractivity contribution in [3.63, 3.8) is 0 Å². The summed E-state index contributed by atoms with van der Waals surface area (Å²) < 4.78 is 11.7. The second-order valence-electron chi connectivity index (χ2n) is 6.25. The number of hydrogen-bond donors (Lipinski definition) is 0. The molecule has 2 heterocycles. The molecule has 1 saturated heterocycles. The maximum atomic E-state index is 12.9. The number of rotatable bonds is 4. The van der Waals surface area contributed by atoms with Crippen molar-refractivity contribution in [3.05, 3.63) is 75.2 Å². The van der Waals surface area contributed by atoms with Crippen molar-refractivity contribution in [3.8, 4) is 11.5 Å². The van der Waals surface area contributed by atoms with Gasteiger partial charge in [0.2, 0.25) is 0 Å². The predicted octanol–water partition coefficient (Wildman–Crippen LogP) is 5.07. The van der Waals surface area contributed by atoms with E-state index in [1.807, 2.05) is 48.6 Å². The van der Waals surface area contributed by atoms with Crippen LogP contribution in [0.4, 0.5) is 0 Å². The maximum absolute atomic E-state index is 12.9. The second-order valence-corrected chi connectivity index (χ2v) is 8.33. The van der Waals surface area contributed by atoms with Crippen LogP contribution in [0.25, 0.3) is 6.08 Å². The number of nitrogens with zero attached hydrogens (tertiary/aromatic N) is 1. The molecule has 1 amide bonds. The van der Waals surface area contributed by atoms with Gasteiger partial charge in [0.05, 0.1) is 18.6 Å². The number of methoxy groups -OCH3 is 1. The monoisotopic (exact) mass is 429 g/mol. The van der Waals surface area contributed by atoms with E-state index < -0.39 is 0 Å². The van der Waals surface area contributed by atoms with Crippen molar-refractivity contribution in [1.82, 2.24) is 4.90 Å². The normalized spacial score (nSPS) is 17.4. The van der Waals surface area contributed by atoms with Gasteiger partial charge >= 0.3 is 0 Å². The molecule has 4 rings (SSSR count). The van der Waals surface area contributed by atoms with Crippen molar-refractivity contribution < 1.29 is 14.3 Å². The Balaban J connectivity index is 1.57. The fraction of sp³-hybridized carbons (Fsp3) is 0.143. The van der Waals surface area contributed by atoms with Crippen LogP contribution in [-0.4, -0.2) is 28.8 Å². The van der Waals surface area contributed by atoms with E-state index >= 15 is 0 Å². The average Bonchev–Trinajstić information content (AvgIpc) is 2.96. The molecule has 2 aromatic carbocycles. The largest absolute Gasteiger partial charge is 0.493 e. The summed E-state index contributed by atoms with van der Waals surface area (Å²) in [4.78, 5) is 15.0. The Labute approximate surface area is 177 Å². The molecular weight excluding hydrogens is 414 g/mol. The molecule has 0 atom stereocenters. The lowest BCUT2D eigenvalue weighted by Gasteiger charge is -2.18. The molecule has 2 aliphatic rings. The minimum atomic E-state index is -0.118. The molecule has 2 aromatic rings. The molecule has 28 heavy (non-hydrogen) atoms. The third-order valence-corrected chi connectivity index (χ3v) is 6.18. The summed E-state index contributed by atoms with van der Waals surface area (Å²) >= 11 is 12.9. The molecule has 4 nitrogen and oxygen atoms in total. The molecule has 142 valence electrons. The van der Waals surface area contributed by atoms with Crippen molar-refractivity contribution in [2.75, 3.05) is 13.7 Å². The average molecular weight is 430 g/mol. The highest BCUT2D eigenvalue weighted by Crippen LogP contribution is 2.38. The molecule has 0 N–H and O–H groups in total. The summed E-state index contributed by atoms with van der Waals surface area (Å²) in [5, 5.41) is 0.620. The standard InChI is InChI=1S/C21H16ClNO3S2/c1-25-17-8-4-6-14-9-13(12-26-19(14)17)10-18-20(24)23(21(27)28-18)11-15-5-2-3-7-16(15)22/h2-10H,11-12H2,1H3/b18-10-. The first-order valence-corrected chi connectivity index (χ1v) is 10.2. The van der Waals surface area contributed by atoms with Crippen molar-refractivity contribution in [1.29, 1.82) is 0 Å². The Morgan fingerprint density at radius 3 is 2.89 bits per heavy atom. The number of carbonyl (C=O) groups excluding carboxylic acids is 1. The summed E-state index contributed by atoms with van der Waals surface area (Å²) in [7, 11) is 1.61. The van der Waals surface area contributed by atoms with E-state index in [0.29, 0.717) is 38.9 Å². The summed E-state index contributed by atoms with van der Waals surface area (Å²) in [6.45, 7) is 0.721. The molecule has 0 aliphatic carbocycles. The highest BCUT2D eigenvalue weighted by atomic mass is 35.5. The number of amides is 1. The molecule has 2 aliphatic heterocycles. The number of benzene rings is 2. The first-order valence-electron chi connectivity index (χ1n) is 8.56. The van der Waals surface area contributed by atoms with Crippen LogP contribution in [0.2, 0.25) is 5.02 Å². The van der Waals surface area contributed by atoms with Crippen LogP contribution in [-0.2, 0) is 11.3 Å². The lowest BCUT2D eigenvalue weighted by molar-refractivity contribution is -0.122. The number of para-hydroxylation sites is 1. The van der Waals surface area contributed by atoms with Gasteiger partial charge in [-0.05, 0) is 35.4 Å². The maximum Gasteiger partial charge on any atom is 0.266 e. The van der Waals surface area contributed by atoms with Crippen LogP contribution in [0.1, 0.15) is 11.1 Å². The number of thioether (sulfide) groups is 1. The zero-order valence-corrected chi connectivity index (χ0v) is 17.4. The molecule has 0 unspecified atom stereocenters. The van der Waals surface area contributed by atoms with Crippen LogP contribution in [0.15, 0.2) is 59.0 Å². The summed E-state index contributed by atoms with van der Waals surface area (Å²) in [5.74, 6) is 1.29. The Morgan fingerprint density at radius 2 is 2.11 bits per heavy atom. The minimum absolute atomic E-state index is 0.118. The predicted molar refractivity (Wildman–Crippen MR) is 117 cm³/mol. The Morgan fingerprint density at radius 1 is 1.29 bits per heavy atom. The van der Waals surface area contributed by atoms with Crippen LogP contribution in [0, 0.1) is 0 Å². The molecule has 0 spiro atoms. The van der Waals surface area contributed by atoms with Gasteiger partial charge in [0.15, 0.2) is 11.5 Å². The fourth-order valence-electron chi connectivity index (χ4n) is 3.04. The zero-order chi connectivity index (χ0) is 19.7. The first-order chi connectivity index (χ1) is 13.6. The van der Waals surface area contributed by atoms with Crippen molar-refractivity contribution in [2.45, 2.75) is 6.54 Å². The third-order valence-electron chi connectivity index (χ3n) is 4.43. The number of ether oxygens (including phenoxy) is 2. The minimum Gasteiger partial charge on any atom is -0.493 e. The van der Waals surface area contributed by atoms with Gasteiger partial charge in [-0.25, -0.2) is 0 Å². The van der Waals surface area contributed by atoms with Crippen molar-refractivity contribution in [2.24, 2.45) is 0 Å². The Kier molecular flexibility index (Phi) is 5.44.